The Morgan fingerprint density at radius 2 is 0.836 bits per heavy atom. The zero-order valence-electron chi connectivity index (χ0n) is 48.1. The molecule has 0 radical (unpaired) electrons. The number of hydrogen-bond donors (Lipinski definition) is 3. The number of carbonyl (C=O) groups is 1. The summed E-state index contributed by atoms with van der Waals surface area (Å²) < 4.78 is 23.6. The van der Waals surface area contributed by atoms with Gasteiger partial charge >= 0.3 is 7.82 Å². The van der Waals surface area contributed by atoms with E-state index in [9.17, 15) is 19.4 Å². The van der Waals surface area contributed by atoms with Crippen LogP contribution in [0.1, 0.15) is 251 Å². The van der Waals surface area contributed by atoms with Crippen molar-refractivity contribution in [2.45, 2.75) is 264 Å². The Kier molecular flexibility index (Phi) is 52.3. The number of aliphatic hydroxyl groups excluding tert-OH is 1. The number of nitrogens with one attached hydrogen (secondary N) is 1. The third-order valence-electron chi connectivity index (χ3n) is 13.0. The number of aliphatic hydroxyl groups is 1. The summed E-state index contributed by atoms with van der Waals surface area (Å²) in [4.78, 5) is 23.2. The Morgan fingerprint density at radius 1 is 0.479 bits per heavy atom. The number of rotatable bonds is 54. The Morgan fingerprint density at radius 3 is 1.26 bits per heavy atom. The van der Waals surface area contributed by atoms with Gasteiger partial charge in [-0.05, 0) is 83.5 Å². The van der Waals surface area contributed by atoms with Crippen molar-refractivity contribution in [2.24, 2.45) is 0 Å². The SMILES string of the molecule is CC/C=C\C/C=C\C/C=C\C/C=C\C/C=C\CCCCCCCCCCCCCCCCCCCCCCCCCC(=O)NC(COP(=O)(O)OCC[N+](C)(C)C)C(O)/C=C/CC/C=C/CC/C=C/CCCC. The first-order chi connectivity index (χ1) is 35.5. The molecule has 0 bridgehead atoms. The predicted molar refractivity (Wildman–Crippen MR) is 318 cm³/mol. The number of hydrogen-bond acceptors (Lipinski definition) is 5. The van der Waals surface area contributed by atoms with Crippen LogP contribution in [-0.2, 0) is 18.4 Å². The lowest BCUT2D eigenvalue weighted by molar-refractivity contribution is -0.870. The number of phosphoric acid groups is 1. The van der Waals surface area contributed by atoms with Crippen molar-refractivity contribution in [2.75, 3.05) is 40.9 Å². The van der Waals surface area contributed by atoms with Crippen LogP contribution in [0.25, 0.3) is 0 Å². The van der Waals surface area contributed by atoms with E-state index in [1.165, 1.54) is 148 Å². The molecule has 0 saturated carbocycles. The molecule has 3 unspecified atom stereocenters. The van der Waals surface area contributed by atoms with Crippen molar-refractivity contribution in [3.63, 3.8) is 0 Å². The molecule has 0 fully saturated rings. The molecule has 1 amide bonds. The Balaban J connectivity index is 3.92. The largest absolute Gasteiger partial charge is 0.472 e. The molecule has 3 N–H and O–H groups in total. The van der Waals surface area contributed by atoms with E-state index in [2.05, 4.69) is 104 Å². The van der Waals surface area contributed by atoms with Gasteiger partial charge < -0.3 is 19.8 Å². The topological polar surface area (TPSA) is 105 Å². The highest BCUT2D eigenvalue weighted by atomic mass is 31.2. The fourth-order valence-corrected chi connectivity index (χ4v) is 9.06. The van der Waals surface area contributed by atoms with E-state index in [1.54, 1.807) is 6.08 Å². The van der Waals surface area contributed by atoms with Crippen LogP contribution in [-0.4, -0.2) is 73.4 Å². The molecular formula is C64H116N2O6P+. The third kappa shape index (κ3) is 57.0. The Labute approximate surface area is 451 Å². The lowest BCUT2D eigenvalue weighted by Gasteiger charge is -2.25. The summed E-state index contributed by atoms with van der Waals surface area (Å²) in [6.07, 6.45) is 78.4. The van der Waals surface area contributed by atoms with Gasteiger partial charge in [0.25, 0.3) is 0 Å². The molecule has 0 rings (SSSR count). The van der Waals surface area contributed by atoms with E-state index in [4.69, 9.17) is 9.05 Å². The van der Waals surface area contributed by atoms with Gasteiger partial charge in [0.2, 0.25) is 5.91 Å². The molecule has 3 atom stereocenters. The first kappa shape index (κ1) is 70.4. The second-order valence-electron chi connectivity index (χ2n) is 21.3. The Hall–Kier alpha value is -2.58. The van der Waals surface area contributed by atoms with Crippen LogP contribution in [0, 0.1) is 0 Å². The summed E-state index contributed by atoms with van der Waals surface area (Å²) in [6, 6.07) is -0.871. The molecule has 0 aliphatic rings. The lowest BCUT2D eigenvalue weighted by Crippen LogP contribution is -2.45. The number of amides is 1. The Bertz CT molecular complexity index is 1510. The van der Waals surface area contributed by atoms with Gasteiger partial charge in [-0.25, -0.2) is 4.57 Å². The minimum absolute atomic E-state index is 0.0516. The summed E-state index contributed by atoms with van der Waals surface area (Å²) >= 11 is 0. The van der Waals surface area contributed by atoms with E-state index < -0.39 is 20.0 Å². The van der Waals surface area contributed by atoms with Crippen LogP contribution in [0.4, 0.5) is 0 Å². The van der Waals surface area contributed by atoms with Crippen molar-refractivity contribution in [3.8, 4) is 0 Å². The highest BCUT2D eigenvalue weighted by molar-refractivity contribution is 7.47. The minimum atomic E-state index is -4.36. The number of nitrogens with zero attached hydrogens (tertiary/aromatic N) is 1. The van der Waals surface area contributed by atoms with Gasteiger partial charge in [0.05, 0.1) is 39.9 Å². The van der Waals surface area contributed by atoms with Gasteiger partial charge in [-0.1, -0.05) is 259 Å². The smallest absolute Gasteiger partial charge is 0.387 e. The highest BCUT2D eigenvalue weighted by Crippen LogP contribution is 2.43. The molecule has 0 aliphatic heterocycles. The first-order valence-electron chi connectivity index (χ1n) is 30.1. The van der Waals surface area contributed by atoms with Gasteiger partial charge in [-0.15, -0.1) is 0 Å². The van der Waals surface area contributed by atoms with Crippen LogP contribution in [0.5, 0.6) is 0 Å². The zero-order chi connectivity index (χ0) is 53.5. The van der Waals surface area contributed by atoms with E-state index in [0.29, 0.717) is 17.4 Å². The lowest BCUT2D eigenvalue weighted by atomic mass is 10.0. The van der Waals surface area contributed by atoms with Crippen molar-refractivity contribution in [3.05, 3.63) is 97.2 Å². The molecular weight excluding hydrogens is 924 g/mol. The minimum Gasteiger partial charge on any atom is -0.387 e. The maximum Gasteiger partial charge on any atom is 0.472 e. The molecule has 73 heavy (non-hydrogen) atoms. The predicted octanol–water partition coefficient (Wildman–Crippen LogP) is 18.6. The number of carbonyl (C=O) groups excluding carboxylic acids is 1. The number of quaternary nitrogens is 1. The third-order valence-corrected chi connectivity index (χ3v) is 14.0. The highest BCUT2D eigenvalue weighted by Gasteiger charge is 2.27. The maximum atomic E-state index is 12.9. The molecule has 0 aliphatic carbocycles. The van der Waals surface area contributed by atoms with Crippen LogP contribution < -0.4 is 5.32 Å². The van der Waals surface area contributed by atoms with E-state index >= 15 is 0 Å². The number of phosphoric ester groups is 1. The molecule has 422 valence electrons. The fraction of sp³-hybridized carbons (Fsp3) is 0.734. The van der Waals surface area contributed by atoms with Gasteiger partial charge in [-0.2, -0.15) is 0 Å². The van der Waals surface area contributed by atoms with Crippen LogP contribution in [0.2, 0.25) is 0 Å². The first-order valence-corrected chi connectivity index (χ1v) is 31.6. The van der Waals surface area contributed by atoms with Crippen LogP contribution in [0.3, 0.4) is 0 Å². The summed E-state index contributed by atoms with van der Waals surface area (Å²) in [6.45, 7) is 4.62. The number of unbranched alkanes of at least 4 members (excludes halogenated alkanes) is 27. The fourth-order valence-electron chi connectivity index (χ4n) is 8.32. The molecule has 0 aromatic carbocycles. The van der Waals surface area contributed by atoms with Crippen molar-refractivity contribution < 1.29 is 32.9 Å². The zero-order valence-corrected chi connectivity index (χ0v) is 49.0. The van der Waals surface area contributed by atoms with Gasteiger partial charge in [0.15, 0.2) is 0 Å². The van der Waals surface area contributed by atoms with E-state index in [-0.39, 0.29) is 19.1 Å². The molecule has 8 nitrogen and oxygen atoms in total. The maximum absolute atomic E-state index is 12.9. The number of allylic oxidation sites excluding steroid dienone is 15. The molecule has 0 spiro atoms. The van der Waals surface area contributed by atoms with E-state index in [1.807, 2.05) is 27.2 Å². The monoisotopic (exact) mass is 1040 g/mol. The average molecular weight is 1040 g/mol. The summed E-state index contributed by atoms with van der Waals surface area (Å²) in [5.41, 5.74) is 0. The van der Waals surface area contributed by atoms with Gasteiger partial charge in [-0.3, -0.25) is 13.8 Å². The molecule has 0 saturated heterocycles. The average Bonchev–Trinajstić information content (AvgIpc) is 3.35. The second kappa shape index (κ2) is 54.2. The van der Waals surface area contributed by atoms with E-state index in [0.717, 1.165) is 83.5 Å². The molecule has 0 heterocycles. The standard InChI is InChI=1S/C64H115N2O6P/c1-6-8-10-12-14-16-18-20-21-22-23-24-25-26-27-28-29-30-31-32-33-34-35-36-37-38-39-40-41-42-43-44-45-46-48-50-52-54-56-58-64(68)65-62(61-72-73(69,70)71-60-59-66(3,4)5)63(67)57-55-53-51-49-47-19-17-15-13-11-9-7-2/h8,10,13-16,20-21,23-24,26-27,47,49,55,57,62-63,67H,6-7,9,11-12,17-19,22,25,28-46,48,50-54,56,58-61H2,1-5H3,(H-,65,68,69,70)/p+1/b10-8-,15-13+,16-14-,21-20-,24-23-,27-26-,49-47+,57-55+. The molecule has 9 heteroatoms. The quantitative estimate of drug-likeness (QED) is 0.0243. The summed E-state index contributed by atoms with van der Waals surface area (Å²) in [5.74, 6) is -0.192. The normalized spacial score (nSPS) is 14.6. The number of likely N-dealkylation sites (N-methyl/N-ethyl adjacent to an activating group) is 1. The van der Waals surface area contributed by atoms with Crippen molar-refractivity contribution in [1.82, 2.24) is 5.32 Å². The molecule has 0 aromatic rings. The van der Waals surface area contributed by atoms with Crippen molar-refractivity contribution in [1.29, 1.82) is 0 Å². The van der Waals surface area contributed by atoms with Crippen LogP contribution >= 0.6 is 7.82 Å². The van der Waals surface area contributed by atoms with Gasteiger partial charge in [0, 0.05) is 6.42 Å². The summed E-state index contributed by atoms with van der Waals surface area (Å²) in [7, 11) is 1.54. The summed E-state index contributed by atoms with van der Waals surface area (Å²) in [5, 5.41) is 13.8. The second-order valence-corrected chi connectivity index (χ2v) is 22.8. The van der Waals surface area contributed by atoms with Gasteiger partial charge in [0.1, 0.15) is 13.2 Å². The van der Waals surface area contributed by atoms with Crippen LogP contribution in [0.15, 0.2) is 97.2 Å². The van der Waals surface area contributed by atoms with Crippen molar-refractivity contribution >= 4 is 13.7 Å². The molecule has 0 aromatic heterocycles.